The van der Waals surface area contributed by atoms with Gasteiger partial charge in [0.05, 0.1) is 12.4 Å². The monoisotopic (exact) mass is 203 g/mol. The van der Waals surface area contributed by atoms with Crippen molar-refractivity contribution in [1.29, 1.82) is 0 Å². The third-order valence-electron chi connectivity index (χ3n) is 2.00. The van der Waals surface area contributed by atoms with Gasteiger partial charge in [-0.25, -0.2) is 9.97 Å². The molecule has 5 heteroatoms. The normalized spacial score (nSPS) is 10.5. The van der Waals surface area contributed by atoms with E-state index in [1.54, 1.807) is 18.6 Å². The topological polar surface area (TPSA) is 66.5 Å². The molecule has 0 amide bonds. The Kier molecular flexibility index (Phi) is 3.04. The van der Waals surface area contributed by atoms with Crippen molar-refractivity contribution in [2.24, 2.45) is 0 Å². The fourth-order valence-electron chi connectivity index (χ4n) is 1.26. The molecule has 0 saturated heterocycles. The zero-order valence-electron chi connectivity index (χ0n) is 8.57. The van der Waals surface area contributed by atoms with Gasteiger partial charge >= 0.3 is 0 Å². The van der Waals surface area contributed by atoms with Crippen molar-refractivity contribution in [3.8, 4) is 11.5 Å². The molecule has 0 fully saturated rings. The average Bonchev–Trinajstić information content (AvgIpc) is 2.76. The summed E-state index contributed by atoms with van der Waals surface area (Å²) < 4.78 is 0. The van der Waals surface area contributed by atoms with Gasteiger partial charge in [0.15, 0.2) is 5.82 Å². The highest BCUT2D eigenvalue weighted by molar-refractivity contribution is 5.46. The van der Waals surface area contributed by atoms with E-state index in [1.165, 1.54) is 0 Å². The molecule has 0 aliphatic rings. The van der Waals surface area contributed by atoms with Crippen molar-refractivity contribution < 1.29 is 0 Å². The van der Waals surface area contributed by atoms with Gasteiger partial charge in [0.2, 0.25) is 0 Å². The van der Waals surface area contributed by atoms with Crippen molar-refractivity contribution >= 4 is 0 Å². The molecule has 2 aromatic heterocycles. The van der Waals surface area contributed by atoms with Crippen LogP contribution in [0.1, 0.15) is 12.6 Å². The average molecular weight is 203 g/mol. The van der Waals surface area contributed by atoms with E-state index in [9.17, 15) is 0 Å². The summed E-state index contributed by atoms with van der Waals surface area (Å²) in [6.45, 7) is 3.81. The van der Waals surface area contributed by atoms with Gasteiger partial charge in [0.1, 0.15) is 5.69 Å². The molecular formula is C10H13N5. The molecule has 2 N–H and O–H groups in total. The van der Waals surface area contributed by atoms with Crippen LogP contribution in [0, 0.1) is 0 Å². The van der Waals surface area contributed by atoms with E-state index in [2.05, 4.69) is 32.2 Å². The molecule has 0 radical (unpaired) electrons. The van der Waals surface area contributed by atoms with Crippen LogP contribution in [-0.4, -0.2) is 26.5 Å². The van der Waals surface area contributed by atoms with Crippen LogP contribution < -0.4 is 5.32 Å². The molecule has 0 unspecified atom stereocenters. The third-order valence-corrected chi connectivity index (χ3v) is 2.00. The number of nitrogens with zero attached hydrogens (tertiary/aromatic N) is 3. The van der Waals surface area contributed by atoms with E-state index in [4.69, 9.17) is 0 Å². The fraction of sp³-hybridized carbons (Fsp3) is 0.300. The van der Waals surface area contributed by atoms with E-state index >= 15 is 0 Å². The summed E-state index contributed by atoms with van der Waals surface area (Å²) in [5, 5.41) is 3.22. The van der Waals surface area contributed by atoms with Gasteiger partial charge in [-0.3, -0.25) is 4.98 Å². The quantitative estimate of drug-likeness (QED) is 0.777. The predicted molar refractivity (Wildman–Crippen MR) is 57.0 cm³/mol. The maximum Gasteiger partial charge on any atom is 0.157 e. The molecule has 0 bridgehead atoms. The molecule has 15 heavy (non-hydrogen) atoms. The van der Waals surface area contributed by atoms with Crippen molar-refractivity contribution in [2.75, 3.05) is 6.54 Å². The summed E-state index contributed by atoms with van der Waals surface area (Å²) in [6.07, 6.45) is 6.80. The van der Waals surface area contributed by atoms with Crippen LogP contribution in [0.15, 0.2) is 24.8 Å². The molecule has 0 aromatic carbocycles. The van der Waals surface area contributed by atoms with Crippen LogP contribution in [0.4, 0.5) is 0 Å². The number of aromatic nitrogens is 4. The Morgan fingerprint density at radius 3 is 2.93 bits per heavy atom. The minimum absolute atomic E-state index is 0.760. The molecule has 0 atom stereocenters. The van der Waals surface area contributed by atoms with Gasteiger partial charge in [-0.2, -0.15) is 0 Å². The second kappa shape index (κ2) is 4.65. The molecule has 2 heterocycles. The summed E-state index contributed by atoms with van der Waals surface area (Å²) in [6, 6.07) is 0. The second-order valence-electron chi connectivity index (χ2n) is 3.13. The highest BCUT2D eigenvalue weighted by Gasteiger charge is 2.03. The van der Waals surface area contributed by atoms with Crippen LogP contribution in [-0.2, 0) is 6.54 Å². The SMILES string of the molecule is CCNCc1cnc(-c2cnccn2)[nH]1. The first kappa shape index (κ1) is 9.79. The van der Waals surface area contributed by atoms with Gasteiger partial charge in [0.25, 0.3) is 0 Å². The molecule has 0 aliphatic carbocycles. The zero-order valence-corrected chi connectivity index (χ0v) is 8.57. The minimum Gasteiger partial charge on any atom is -0.339 e. The van der Waals surface area contributed by atoms with Gasteiger partial charge < -0.3 is 10.3 Å². The van der Waals surface area contributed by atoms with Crippen LogP contribution in [0.25, 0.3) is 11.5 Å². The molecule has 0 aliphatic heterocycles. The van der Waals surface area contributed by atoms with Crippen LogP contribution >= 0.6 is 0 Å². The zero-order chi connectivity index (χ0) is 10.5. The first-order chi connectivity index (χ1) is 7.40. The first-order valence-corrected chi connectivity index (χ1v) is 4.91. The fourth-order valence-corrected chi connectivity index (χ4v) is 1.26. The summed E-state index contributed by atoms with van der Waals surface area (Å²) in [5.74, 6) is 0.760. The summed E-state index contributed by atoms with van der Waals surface area (Å²) in [5.41, 5.74) is 1.82. The predicted octanol–water partition coefficient (Wildman–Crippen LogP) is 0.976. The Morgan fingerprint density at radius 1 is 1.27 bits per heavy atom. The number of imidazole rings is 1. The molecule has 0 saturated carbocycles. The smallest absolute Gasteiger partial charge is 0.157 e. The lowest BCUT2D eigenvalue weighted by Gasteiger charge is -1.97. The van der Waals surface area contributed by atoms with Crippen molar-refractivity contribution in [3.63, 3.8) is 0 Å². The maximum atomic E-state index is 4.24. The maximum absolute atomic E-state index is 4.24. The molecule has 0 spiro atoms. The van der Waals surface area contributed by atoms with Crippen molar-refractivity contribution in [2.45, 2.75) is 13.5 Å². The van der Waals surface area contributed by atoms with Crippen molar-refractivity contribution in [1.82, 2.24) is 25.3 Å². The van der Waals surface area contributed by atoms with Crippen LogP contribution in [0.2, 0.25) is 0 Å². The number of nitrogens with one attached hydrogen (secondary N) is 2. The molecular weight excluding hydrogens is 190 g/mol. The van der Waals surface area contributed by atoms with Crippen LogP contribution in [0.5, 0.6) is 0 Å². The molecule has 78 valence electrons. The number of aromatic amines is 1. The van der Waals surface area contributed by atoms with Gasteiger partial charge in [-0.1, -0.05) is 6.92 Å². The Morgan fingerprint density at radius 2 is 2.20 bits per heavy atom. The Labute approximate surface area is 88.0 Å². The number of hydrogen-bond acceptors (Lipinski definition) is 4. The molecule has 5 nitrogen and oxygen atoms in total. The van der Waals surface area contributed by atoms with Gasteiger partial charge in [-0.15, -0.1) is 0 Å². The van der Waals surface area contributed by atoms with Gasteiger partial charge in [-0.05, 0) is 6.54 Å². The van der Waals surface area contributed by atoms with Crippen molar-refractivity contribution in [3.05, 3.63) is 30.5 Å². The Bertz CT molecular complexity index is 409. The second-order valence-corrected chi connectivity index (χ2v) is 3.13. The Hall–Kier alpha value is -1.75. The standard InChI is InChI=1S/C10H13N5/c1-2-11-5-8-6-14-10(15-8)9-7-12-3-4-13-9/h3-4,6-7,11H,2,5H2,1H3,(H,14,15). The number of hydrogen-bond donors (Lipinski definition) is 2. The lowest BCUT2D eigenvalue weighted by molar-refractivity contribution is 0.714. The van der Waals surface area contributed by atoms with E-state index in [-0.39, 0.29) is 0 Å². The number of rotatable bonds is 4. The largest absolute Gasteiger partial charge is 0.339 e. The Balaban J connectivity index is 2.14. The lowest BCUT2D eigenvalue weighted by Crippen LogP contribution is -2.11. The molecule has 2 rings (SSSR count). The summed E-state index contributed by atoms with van der Waals surface area (Å²) >= 11 is 0. The first-order valence-electron chi connectivity index (χ1n) is 4.91. The lowest BCUT2D eigenvalue weighted by atomic mass is 10.4. The van der Waals surface area contributed by atoms with E-state index in [0.29, 0.717) is 0 Å². The van der Waals surface area contributed by atoms with E-state index < -0.39 is 0 Å². The summed E-state index contributed by atoms with van der Waals surface area (Å²) in [7, 11) is 0. The highest BCUT2D eigenvalue weighted by atomic mass is 15.0. The van der Waals surface area contributed by atoms with E-state index in [0.717, 1.165) is 30.3 Å². The van der Waals surface area contributed by atoms with Crippen LogP contribution in [0.3, 0.4) is 0 Å². The van der Waals surface area contributed by atoms with E-state index in [1.807, 2.05) is 6.20 Å². The highest BCUT2D eigenvalue weighted by Crippen LogP contribution is 2.10. The summed E-state index contributed by atoms with van der Waals surface area (Å²) in [4.78, 5) is 15.6. The molecule has 2 aromatic rings. The number of H-pyrrole nitrogens is 1. The van der Waals surface area contributed by atoms with Gasteiger partial charge in [0, 0.05) is 24.6 Å². The third kappa shape index (κ3) is 2.38. The minimum atomic E-state index is 0.760.